The third-order valence-corrected chi connectivity index (χ3v) is 2.47. The Bertz CT molecular complexity index is 624. The van der Waals surface area contributed by atoms with E-state index in [1.807, 2.05) is 54.6 Å². The first-order valence-corrected chi connectivity index (χ1v) is 6.24. The molecule has 1 heterocycles. The number of aromatic nitrogens is 2. The normalized spacial score (nSPS) is 9.00. The van der Waals surface area contributed by atoms with Crippen LogP contribution in [0.25, 0.3) is 11.0 Å². The average Bonchev–Trinajstić information content (AvgIpc) is 2.48. The van der Waals surface area contributed by atoms with E-state index in [9.17, 15) is 4.79 Å². The first kappa shape index (κ1) is 17.9. The second kappa shape index (κ2) is 9.76. The molecule has 0 bridgehead atoms. The molecular weight excluding hydrogens is 289 g/mol. The summed E-state index contributed by atoms with van der Waals surface area (Å²) in [6.07, 6.45) is 3.39. The molecule has 1 radical (unpaired) electrons. The third kappa shape index (κ3) is 6.45. The van der Waals surface area contributed by atoms with Crippen molar-refractivity contribution >= 4 is 74.0 Å². The summed E-state index contributed by atoms with van der Waals surface area (Å²) in [6.45, 7) is 1.49. The van der Waals surface area contributed by atoms with Gasteiger partial charge < -0.3 is 5.32 Å². The third-order valence-electron chi connectivity index (χ3n) is 2.47. The maximum Gasteiger partial charge on any atom is 0.221 e. The standard InChI is InChI=1S/C8H6N2.C8H9NO.K/c1-2-4-8-7(3-1)9-5-6-10-8;1-7(10)9-8-5-3-2-4-6-8;/h1-6H;2-6H,1H3,(H,9,10);. The molecule has 101 valence electrons. The van der Waals surface area contributed by atoms with Gasteiger partial charge in [-0.3, -0.25) is 14.8 Å². The number of amides is 1. The number of hydrogen-bond donors (Lipinski definition) is 1. The molecule has 0 aliphatic carbocycles. The van der Waals surface area contributed by atoms with Crippen LogP contribution >= 0.6 is 0 Å². The summed E-state index contributed by atoms with van der Waals surface area (Å²) >= 11 is 0. The molecule has 0 aliphatic rings. The van der Waals surface area contributed by atoms with Crippen LogP contribution in [0.1, 0.15) is 6.92 Å². The van der Waals surface area contributed by atoms with Crippen LogP contribution in [0, 0.1) is 0 Å². The number of nitrogens with zero attached hydrogens (tertiary/aromatic N) is 2. The molecule has 0 saturated carbocycles. The maximum absolute atomic E-state index is 10.5. The molecule has 21 heavy (non-hydrogen) atoms. The van der Waals surface area contributed by atoms with Gasteiger partial charge in [0, 0.05) is 76.4 Å². The maximum atomic E-state index is 10.5. The molecule has 1 amide bonds. The van der Waals surface area contributed by atoms with Crippen LogP contribution in [-0.2, 0) is 4.79 Å². The quantitative estimate of drug-likeness (QED) is 0.703. The minimum atomic E-state index is -0.0359. The van der Waals surface area contributed by atoms with Crippen molar-refractivity contribution in [1.29, 1.82) is 0 Å². The molecule has 0 unspecified atom stereocenters. The van der Waals surface area contributed by atoms with E-state index in [1.165, 1.54) is 6.92 Å². The van der Waals surface area contributed by atoms with Crippen LogP contribution in [0.4, 0.5) is 5.69 Å². The van der Waals surface area contributed by atoms with Gasteiger partial charge in [-0.05, 0) is 24.3 Å². The Morgan fingerprint density at radius 3 is 1.81 bits per heavy atom. The van der Waals surface area contributed by atoms with Gasteiger partial charge >= 0.3 is 0 Å². The summed E-state index contributed by atoms with van der Waals surface area (Å²) in [7, 11) is 0. The van der Waals surface area contributed by atoms with Crippen LogP contribution in [0.3, 0.4) is 0 Å². The molecule has 4 nitrogen and oxygen atoms in total. The van der Waals surface area contributed by atoms with E-state index in [4.69, 9.17) is 0 Å². The molecule has 0 fully saturated rings. The molecule has 1 N–H and O–H groups in total. The number of benzene rings is 2. The van der Waals surface area contributed by atoms with Crippen molar-refractivity contribution in [2.75, 3.05) is 5.32 Å². The molecule has 0 atom stereocenters. The summed E-state index contributed by atoms with van der Waals surface area (Å²) in [6, 6.07) is 17.2. The van der Waals surface area contributed by atoms with Gasteiger partial charge in [-0.15, -0.1) is 0 Å². The van der Waals surface area contributed by atoms with Gasteiger partial charge in [0.15, 0.2) is 0 Å². The minimum Gasteiger partial charge on any atom is -0.326 e. The van der Waals surface area contributed by atoms with Crippen LogP contribution in [0.2, 0.25) is 0 Å². The molecule has 2 aromatic carbocycles. The predicted octanol–water partition coefficient (Wildman–Crippen LogP) is 2.89. The predicted molar refractivity (Wildman–Crippen MR) is 86.0 cm³/mol. The van der Waals surface area contributed by atoms with Crippen LogP contribution in [-0.4, -0.2) is 67.3 Å². The van der Waals surface area contributed by atoms with Gasteiger partial charge in [-0.2, -0.15) is 0 Å². The first-order valence-electron chi connectivity index (χ1n) is 6.24. The summed E-state index contributed by atoms with van der Waals surface area (Å²) < 4.78 is 0. The molecule has 3 rings (SSSR count). The largest absolute Gasteiger partial charge is 0.326 e. The first-order chi connectivity index (χ1) is 9.75. The summed E-state index contributed by atoms with van der Waals surface area (Å²) in [5.74, 6) is -0.0359. The van der Waals surface area contributed by atoms with Crippen molar-refractivity contribution in [3.8, 4) is 0 Å². The second-order valence-corrected chi connectivity index (χ2v) is 4.09. The van der Waals surface area contributed by atoms with E-state index >= 15 is 0 Å². The fourth-order valence-corrected chi connectivity index (χ4v) is 1.63. The van der Waals surface area contributed by atoms with Crippen molar-refractivity contribution in [3.63, 3.8) is 0 Å². The SMILES string of the molecule is CC(=O)Nc1ccccc1.[K].c1ccc2nccnc2c1. The zero-order valence-corrected chi connectivity index (χ0v) is 15.3. The summed E-state index contributed by atoms with van der Waals surface area (Å²) in [5.41, 5.74) is 2.74. The number of hydrogen-bond acceptors (Lipinski definition) is 3. The monoisotopic (exact) mass is 304 g/mol. The van der Waals surface area contributed by atoms with E-state index in [0.29, 0.717) is 0 Å². The number of anilines is 1. The number of fused-ring (bicyclic) bond motifs is 1. The Kier molecular flexibility index (Phi) is 8.33. The minimum absolute atomic E-state index is 0. The van der Waals surface area contributed by atoms with Gasteiger partial charge in [-0.25, -0.2) is 0 Å². The van der Waals surface area contributed by atoms with E-state index in [0.717, 1.165) is 16.7 Å². The Balaban J connectivity index is 0.000000200. The van der Waals surface area contributed by atoms with Crippen molar-refractivity contribution in [2.24, 2.45) is 0 Å². The number of rotatable bonds is 1. The molecule has 3 aromatic rings. The Labute approximate surface area is 166 Å². The Hall–Kier alpha value is -1.11. The van der Waals surface area contributed by atoms with Crippen molar-refractivity contribution < 1.29 is 4.79 Å². The molecule has 0 aliphatic heterocycles. The van der Waals surface area contributed by atoms with Crippen LogP contribution in [0.15, 0.2) is 67.0 Å². The topological polar surface area (TPSA) is 54.9 Å². The molecular formula is C16H15KN3O. The van der Waals surface area contributed by atoms with Gasteiger partial charge in [-0.1, -0.05) is 30.3 Å². The van der Waals surface area contributed by atoms with E-state index in [-0.39, 0.29) is 57.3 Å². The number of nitrogens with one attached hydrogen (secondary N) is 1. The summed E-state index contributed by atoms with van der Waals surface area (Å²) in [5, 5.41) is 2.67. The molecule has 0 saturated heterocycles. The van der Waals surface area contributed by atoms with Gasteiger partial charge in [0.2, 0.25) is 5.91 Å². The van der Waals surface area contributed by atoms with Crippen molar-refractivity contribution in [3.05, 3.63) is 67.0 Å². The van der Waals surface area contributed by atoms with E-state index in [1.54, 1.807) is 12.4 Å². The van der Waals surface area contributed by atoms with E-state index < -0.39 is 0 Å². The second-order valence-electron chi connectivity index (χ2n) is 4.09. The smallest absolute Gasteiger partial charge is 0.221 e. The number of carbonyl (C=O) groups excluding carboxylic acids is 1. The van der Waals surface area contributed by atoms with E-state index in [2.05, 4.69) is 15.3 Å². The zero-order valence-electron chi connectivity index (χ0n) is 12.2. The zero-order chi connectivity index (χ0) is 14.2. The number of para-hydroxylation sites is 3. The molecule has 5 heteroatoms. The van der Waals surface area contributed by atoms with Gasteiger partial charge in [0.25, 0.3) is 0 Å². The van der Waals surface area contributed by atoms with Crippen molar-refractivity contribution in [2.45, 2.75) is 6.92 Å². The van der Waals surface area contributed by atoms with Gasteiger partial charge in [0.05, 0.1) is 11.0 Å². The number of carbonyl (C=O) groups is 1. The summed E-state index contributed by atoms with van der Waals surface area (Å²) in [4.78, 5) is 18.7. The van der Waals surface area contributed by atoms with Gasteiger partial charge in [0.1, 0.15) is 0 Å². The fraction of sp³-hybridized carbons (Fsp3) is 0.0625. The molecule has 1 aromatic heterocycles. The Morgan fingerprint density at radius 2 is 1.33 bits per heavy atom. The van der Waals surface area contributed by atoms with Crippen molar-refractivity contribution in [1.82, 2.24) is 9.97 Å². The average molecular weight is 304 g/mol. The fourth-order valence-electron chi connectivity index (χ4n) is 1.63. The van der Waals surface area contributed by atoms with Crippen LogP contribution < -0.4 is 5.32 Å². The van der Waals surface area contributed by atoms with Crippen LogP contribution in [0.5, 0.6) is 0 Å². The molecule has 0 spiro atoms. The Morgan fingerprint density at radius 1 is 0.857 bits per heavy atom.